The number of anilines is 2. The molecule has 0 saturated carbocycles. The third-order valence-electron chi connectivity index (χ3n) is 6.60. The third-order valence-corrected chi connectivity index (χ3v) is 6.84. The fourth-order valence-corrected chi connectivity index (χ4v) is 5.40. The lowest BCUT2D eigenvalue weighted by atomic mass is 9.66. The van der Waals surface area contributed by atoms with E-state index < -0.39 is 34.2 Å². The van der Waals surface area contributed by atoms with E-state index in [9.17, 15) is 24.5 Å². The zero-order chi connectivity index (χ0) is 22.6. The highest BCUT2D eigenvalue weighted by Gasteiger charge is 2.62. The summed E-state index contributed by atoms with van der Waals surface area (Å²) in [5.41, 5.74) is -0.0994. The maximum atomic E-state index is 14.0. The van der Waals surface area contributed by atoms with Crippen molar-refractivity contribution in [2.75, 3.05) is 16.3 Å². The highest BCUT2D eigenvalue weighted by Crippen LogP contribution is 2.48. The minimum absolute atomic E-state index is 0.0276. The number of nitro groups is 1. The number of imide groups is 2. The van der Waals surface area contributed by atoms with Gasteiger partial charge in [0.05, 0.1) is 16.7 Å². The number of hydrogen-bond acceptors (Lipinski definition) is 6. The van der Waals surface area contributed by atoms with Crippen LogP contribution in [0.25, 0.3) is 0 Å². The van der Waals surface area contributed by atoms with Gasteiger partial charge in [0.15, 0.2) is 5.41 Å². The Balaban J connectivity index is 1.68. The van der Waals surface area contributed by atoms with Crippen LogP contribution >= 0.6 is 11.6 Å². The molecule has 0 bridgehead atoms. The van der Waals surface area contributed by atoms with Gasteiger partial charge >= 0.3 is 6.03 Å². The first-order valence-corrected chi connectivity index (χ1v) is 10.7. The van der Waals surface area contributed by atoms with Crippen molar-refractivity contribution in [3.8, 4) is 0 Å². The molecule has 10 heteroatoms. The van der Waals surface area contributed by atoms with Crippen molar-refractivity contribution in [2.24, 2.45) is 5.41 Å². The van der Waals surface area contributed by atoms with Gasteiger partial charge in [-0.15, -0.1) is 0 Å². The van der Waals surface area contributed by atoms with E-state index in [2.05, 4.69) is 5.32 Å². The summed E-state index contributed by atoms with van der Waals surface area (Å²) in [6, 6.07) is 9.55. The number of fused-ring (bicyclic) bond motifs is 4. The number of amides is 4. The number of nitrogens with zero attached hydrogens (tertiary/aromatic N) is 3. The van der Waals surface area contributed by atoms with Gasteiger partial charge in [0.1, 0.15) is 0 Å². The van der Waals surface area contributed by atoms with E-state index in [4.69, 9.17) is 11.6 Å². The number of barbiturate groups is 1. The van der Waals surface area contributed by atoms with Gasteiger partial charge in [0.2, 0.25) is 5.91 Å². The van der Waals surface area contributed by atoms with Crippen molar-refractivity contribution in [1.29, 1.82) is 0 Å². The normalized spacial score (nSPS) is 24.8. The molecular formula is C22H19ClN4O5. The van der Waals surface area contributed by atoms with Gasteiger partial charge in [-0.05, 0) is 49.1 Å². The molecule has 1 N–H and O–H groups in total. The predicted molar refractivity (Wildman–Crippen MR) is 117 cm³/mol. The van der Waals surface area contributed by atoms with E-state index in [1.54, 1.807) is 24.3 Å². The Morgan fingerprint density at radius 2 is 1.94 bits per heavy atom. The summed E-state index contributed by atoms with van der Waals surface area (Å²) in [5, 5.41) is 14.1. The van der Waals surface area contributed by atoms with Gasteiger partial charge in [-0.1, -0.05) is 17.7 Å². The van der Waals surface area contributed by atoms with Crippen LogP contribution in [0.5, 0.6) is 0 Å². The molecule has 4 amide bonds. The van der Waals surface area contributed by atoms with E-state index in [0.717, 1.165) is 23.4 Å². The van der Waals surface area contributed by atoms with E-state index in [-0.39, 0.29) is 17.8 Å². The van der Waals surface area contributed by atoms with Crippen molar-refractivity contribution >= 4 is 46.5 Å². The van der Waals surface area contributed by atoms with Gasteiger partial charge in [0.25, 0.3) is 11.6 Å². The first-order valence-electron chi connectivity index (χ1n) is 10.3. The largest absolute Gasteiger partial charge is 0.367 e. The third kappa shape index (κ3) is 2.88. The Morgan fingerprint density at radius 1 is 1.12 bits per heavy atom. The van der Waals surface area contributed by atoms with Gasteiger partial charge in [0, 0.05) is 35.8 Å². The second kappa shape index (κ2) is 7.30. The molecule has 2 aromatic carbocycles. The highest BCUT2D eigenvalue weighted by atomic mass is 35.5. The highest BCUT2D eigenvalue weighted by molar-refractivity contribution is 6.33. The fraction of sp³-hybridized carbons (Fsp3) is 0.318. The van der Waals surface area contributed by atoms with Gasteiger partial charge < -0.3 is 4.90 Å². The summed E-state index contributed by atoms with van der Waals surface area (Å²) >= 11 is 6.08. The van der Waals surface area contributed by atoms with Crippen LogP contribution < -0.4 is 15.1 Å². The first-order chi connectivity index (χ1) is 15.3. The molecule has 0 aromatic heterocycles. The molecule has 3 aliphatic rings. The van der Waals surface area contributed by atoms with Crippen molar-refractivity contribution in [2.45, 2.75) is 31.7 Å². The lowest BCUT2D eigenvalue weighted by Gasteiger charge is -2.53. The number of hydrogen-bond donors (Lipinski definition) is 1. The topological polar surface area (TPSA) is 113 Å². The van der Waals surface area contributed by atoms with Crippen LogP contribution in [-0.4, -0.2) is 35.4 Å². The number of rotatable bonds is 2. The standard InChI is InChI=1S/C22H19ClN4O5/c23-14-4-3-5-15(11-14)26-20(29)22(19(28)24-21(26)30)12-13-10-16(27(31)32)7-8-17(13)25-9-2-1-6-18(22)25/h3-5,7-8,10-11,18H,1-2,6,9,12H2,(H,24,28,30)/t18-,22-/m0/s1. The van der Waals surface area contributed by atoms with Gasteiger partial charge in [-0.25, -0.2) is 9.69 Å². The molecule has 2 aromatic rings. The molecule has 164 valence electrons. The molecule has 32 heavy (non-hydrogen) atoms. The molecule has 2 saturated heterocycles. The minimum Gasteiger partial charge on any atom is -0.367 e. The van der Waals surface area contributed by atoms with Crippen LogP contribution in [0.4, 0.5) is 21.9 Å². The molecule has 0 radical (unpaired) electrons. The van der Waals surface area contributed by atoms with E-state index in [1.807, 2.05) is 4.90 Å². The number of urea groups is 1. The van der Waals surface area contributed by atoms with Crippen LogP contribution in [0, 0.1) is 15.5 Å². The predicted octanol–water partition coefficient (Wildman–Crippen LogP) is 3.43. The molecule has 2 fully saturated rings. The van der Waals surface area contributed by atoms with Crippen molar-refractivity contribution in [1.82, 2.24) is 5.32 Å². The molecule has 5 rings (SSSR count). The van der Waals surface area contributed by atoms with Crippen LogP contribution in [0.2, 0.25) is 5.02 Å². The summed E-state index contributed by atoms with van der Waals surface area (Å²) in [6.45, 7) is 0.614. The average Bonchev–Trinajstić information content (AvgIpc) is 2.77. The number of nitro benzene ring substituents is 1. The second-order valence-electron chi connectivity index (χ2n) is 8.30. The Kier molecular flexibility index (Phi) is 4.67. The van der Waals surface area contributed by atoms with Crippen molar-refractivity contribution in [3.05, 3.63) is 63.2 Å². The Bertz CT molecular complexity index is 1180. The van der Waals surface area contributed by atoms with Crippen molar-refractivity contribution < 1.29 is 19.3 Å². The molecule has 2 atom stereocenters. The number of nitrogens with one attached hydrogen (secondary N) is 1. The zero-order valence-corrected chi connectivity index (χ0v) is 17.7. The molecule has 9 nitrogen and oxygen atoms in total. The number of benzene rings is 2. The Hall–Kier alpha value is -3.46. The molecule has 3 aliphatic heterocycles. The van der Waals surface area contributed by atoms with Crippen LogP contribution in [0.1, 0.15) is 24.8 Å². The molecule has 3 heterocycles. The van der Waals surface area contributed by atoms with Crippen LogP contribution in [-0.2, 0) is 16.0 Å². The summed E-state index contributed by atoms with van der Waals surface area (Å²) in [6.07, 6.45) is 2.26. The molecule has 0 aliphatic carbocycles. The van der Waals surface area contributed by atoms with Gasteiger partial charge in [-0.3, -0.25) is 25.0 Å². The van der Waals surface area contributed by atoms with E-state index >= 15 is 0 Å². The first kappa shape index (κ1) is 20.4. The van der Waals surface area contributed by atoms with Crippen molar-refractivity contribution in [3.63, 3.8) is 0 Å². The summed E-state index contributed by atoms with van der Waals surface area (Å²) < 4.78 is 0. The maximum Gasteiger partial charge on any atom is 0.335 e. The number of carbonyl (C=O) groups is 3. The average molecular weight is 455 g/mol. The molecule has 1 spiro atoms. The Morgan fingerprint density at radius 3 is 2.69 bits per heavy atom. The minimum atomic E-state index is -1.58. The monoisotopic (exact) mass is 454 g/mol. The SMILES string of the molecule is O=C1NC(=O)[C@@]2(Cc3cc([N+](=O)[O-])ccc3N3CCCC[C@H]32)C(=O)N1c1cccc(Cl)c1. The second-order valence-corrected chi connectivity index (χ2v) is 8.74. The smallest absolute Gasteiger partial charge is 0.335 e. The number of carbonyl (C=O) groups excluding carboxylic acids is 3. The summed E-state index contributed by atoms with van der Waals surface area (Å²) in [5.74, 6) is -1.30. The van der Waals surface area contributed by atoms with Crippen LogP contribution in [0.15, 0.2) is 42.5 Å². The Labute approximate surface area is 188 Å². The summed E-state index contributed by atoms with van der Waals surface area (Å²) in [7, 11) is 0. The molecule has 0 unspecified atom stereocenters. The van der Waals surface area contributed by atoms with Crippen LogP contribution in [0.3, 0.4) is 0 Å². The maximum absolute atomic E-state index is 14.0. The number of non-ortho nitro benzene ring substituents is 1. The number of halogens is 1. The summed E-state index contributed by atoms with van der Waals surface area (Å²) in [4.78, 5) is 53.9. The van der Waals surface area contributed by atoms with E-state index in [0.29, 0.717) is 23.6 Å². The fourth-order valence-electron chi connectivity index (χ4n) is 5.21. The van der Waals surface area contributed by atoms with E-state index in [1.165, 1.54) is 18.2 Å². The lowest BCUT2D eigenvalue weighted by Crippen LogP contribution is -2.72. The number of piperidine rings is 1. The lowest BCUT2D eigenvalue weighted by molar-refractivity contribution is -0.384. The quantitative estimate of drug-likeness (QED) is 0.422. The van der Waals surface area contributed by atoms with Gasteiger partial charge in [-0.2, -0.15) is 0 Å². The zero-order valence-electron chi connectivity index (χ0n) is 16.9. The molecular weight excluding hydrogens is 436 g/mol.